The third-order valence-electron chi connectivity index (χ3n) is 3.50. The van der Waals surface area contributed by atoms with Crippen molar-refractivity contribution in [3.05, 3.63) is 29.8 Å². The molecule has 0 aliphatic carbocycles. The van der Waals surface area contributed by atoms with Crippen LogP contribution in [0.25, 0.3) is 0 Å². The Balaban J connectivity index is 2.17. The molecular formula is C13H15F2NO4S. The van der Waals surface area contributed by atoms with Gasteiger partial charge in [0.25, 0.3) is 0 Å². The van der Waals surface area contributed by atoms with E-state index in [-0.39, 0.29) is 25.0 Å². The number of piperidine rings is 1. The predicted molar refractivity (Wildman–Crippen MR) is 69.9 cm³/mol. The fourth-order valence-corrected chi connectivity index (χ4v) is 3.84. The van der Waals surface area contributed by atoms with Gasteiger partial charge in [0.05, 0.1) is 13.0 Å². The Morgan fingerprint density at radius 2 is 1.90 bits per heavy atom. The van der Waals surface area contributed by atoms with Gasteiger partial charge in [-0.3, -0.25) is 4.79 Å². The van der Waals surface area contributed by atoms with Crippen LogP contribution in [0.2, 0.25) is 0 Å². The van der Waals surface area contributed by atoms with E-state index in [0.29, 0.717) is 18.9 Å². The maximum Gasteiger partial charge on any atom is 0.308 e. The Morgan fingerprint density at radius 1 is 1.29 bits per heavy atom. The first kappa shape index (κ1) is 15.8. The number of hydrogen-bond acceptors (Lipinski definition) is 4. The number of sulfonamides is 1. The van der Waals surface area contributed by atoms with Crippen molar-refractivity contribution >= 4 is 16.0 Å². The van der Waals surface area contributed by atoms with E-state index in [4.69, 9.17) is 0 Å². The molecule has 0 aromatic heterocycles. The first-order valence-corrected chi connectivity index (χ1v) is 7.83. The molecule has 1 aliphatic heterocycles. The van der Waals surface area contributed by atoms with Crippen molar-refractivity contribution in [1.82, 2.24) is 4.31 Å². The molecule has 2 rings (SSSR count). The number of benzene rings is 1. The molecule has 8 heteroatoms. The summed E-state index contributed by atoms with van der Waals surface area (Å²) in [5.74, 6) is -2.68. The molecule has 1 aromatic carbocycles. The van der Waals surface area contributed by atoms with Gasteiger partial charge in [-0.15, -0.1) is 0 Å². The number of esters is 1. The standard InChI is InChI=1S/C13H15F2NO4S/c1-20-13(17)9-4-6-16(7-5-9)21(18,19)12-3-2-10(14)8-11(12)15/h2-3,8-9H,4-7H2,1H3. The summed E-state index contributed by atoms with van der Waals surface area (Å²) >= 11 is 0. The van der Waals surface area contributed by atoms with Crippen LogP contribution in [0.15, 0.2) is 23.1 Å². The predicted octanol–water partition coefficient (Wildman–Crippen LogP) is 1.54. The lowest BCUT2D eigenvalue weighted by Crippen LogP contribution is -2.40. The number of methoxy groups -OCH3 is 1. The van der Waals surface area contributed by atoms with Crippen LogP contribution >= 0.6 is 0 Å². The van der Waals surface area contributed by atoms with Gasteiger partial charge in [-0.05, 0) is 25.0 Å². The Morgan fingerprint density at radius 3 is 2.43 bits per heavy atom. The molecule has 1 fully saturated rings. The molecule has 0 amide bonds. The molecule has 0 saturated carbocycles. The molecule has 0 spiro atoms. The highest BCUT2D eigenvalue weighted by atomic mass is 32.2. The molecule has 0 radical (unpaired) electrons. The second-order valence-corrected chi connectivity index (χ2v) is 6.68. The van der Waals surface area contributed by atoms with E-state index in [1.54, 1.807) is 0 Å². The van der Waals surface area contributed by atoms with Crippen LogP contribution in [0.4, 0.5) is 8.78 Å². The molecule has 1 heterocycles. The van der Waals surface area contributed by atoms with Gasteiger partial charge in [-0.25, -0.2) is 17.2 Å². The quantitative estimate of drug-likeness (QED) is 0.793. The van der Waals surface area contributed by atoms with Crippen LogP contribution in [-0.2, 0) is 19.6 Å². The van der Waals surface area contributed by atoms with Gasteiger partial charge in [0.1, 0.15) is 16.5 Å². The van der Waals surface area contributed by atoms with Crippen LogP contribution in [0.5, 0.6) is 0 Å². The van der Waals surface area contributed by atoms with Crippen LogP contribution in [-0.4, -0.2) is 38.9 Å². The molecule has 0 unspecified atom stereocenters. The monoisotopic (exact) mass is 319 g/mol. The number of halogens is 2. The minimum Gasteiger partial charge on any atom is -0.469 e. The summed E-state index contributed by atoms with van der Waals surface area (Å²) in [6, 6.07) is 2.34. The summed E-state index contributed by atoms with van der Waals surface area (Å²) in [5, 5.41) is 0. The van der Waals surface area contributed by atoms with Gasteiger partial charge >= 0.3 is 5.97 Å². The van der Waals surface area contributed by atoms with Crippen molar-refractivity contribution in [2.24, 2.45) is 5.92 Å². The highest BCUT2D eigenvalue weighted by molar-refractivity contribution is 7.89. The van der Waals surface area contributed by atoms with E-state index in [1.807, 2.05) is 0 Å². The van der Waals surface area contributed by atoms with Crippen LogP contribution in [0, 0.1) is 17.6 Å². The first-order valence-electron chi connectivity index (χ1n) is 6.39. The SMILES string of the molecule is COC(=O)C1CCN(S(=O)(=O)c2ccc(F)cc2F)CC1. The summed E-state index contributed by atoms with van der Waals surface area (Å²) in [7, 11) is -2.75. The van der Waals surface area contributed by atoms with E-state index in [1.165, 1.54) is 7.11 Å². The van der Waals surface area contributed by atoms with Gasteiger partial charge in [-0.1, -0.05) is 0 Å². The second-order valence-electron chi connectivity index (χ2n) is 4.78. The maximum absolute atomic E-state index is 13.6. The van der Waals surface area contributed by atoms with Crippen molar-refractivity contribution in [3.63, 3.8) is 0 Å². The minimum absolute atomic E-state index is 0.0961. The number of hydrogen-bond donors (Lipinski definition) is 0. The Labute approximate surface area is 121 Å². The zero-order chi connectivity index (χ0) is 15.6. The molecule has 0 bridgehead atoms. The lowest BCUT2D eigenvalue weighted by molar-refractivity contribution is -0.146. The summed E-state index contributed by atoms with van der Waals surface area (Å²) in [5.41, 5.74) is 0. The highest BCUT2D eigenvalue weighted by Crippen LogP contribution is 2.26. The van der Waals surface area contributed by atoms with Gasteiger partial charge in [0.2, 0.25) is 10.0 Å². The minimum atomic E-state index is -4.03. The van der Waals surface area contributed by atoms with E-state index in [2.05, 4.69) is 4.74 Å². The van der Waals surface area contributed by atoms with Crippen molar-refractivity contribution in [2.75, 3.05) is 20.2 Å². The normalized spacial score (nSPS) is 17.7. The van der Waals surface area contributed by atoms with E-state index >= 15 is 0 Å². The van der Waals surface area contributed by atoms with Crippen molar-refractivity contribution in [2.45, 2.75) is 17.7 Å². The molecule has 1 aromatic rings. The second kappa shape index (κ2) is 6.07. The summed E-state index contributed by atoms with van der Waals surface area (Å²) in [6.07, 6.45) is 0.628. The Kier molecular flexibility index (Phi) is 4.58. The van der Waals surface area contributed by atoms with Gasteiger partial charge in [0.15, 0.2) is 0 Å². The topological polar surface area (TPSA) is 63.7 Å². The lowest BCUT2D eigenvalue weighted by Gasteiger charge is -2.29. The number of carbonyl (C=O) groups excluding carboxylic acids is 1. The molecular weight excluding hydrogens is 304 g/mol. The number of rotatable bonds is 3. The third-order valence-corrected chi connectivity index (χ3v) is 5.43. The van der Waals surface area contributed by atoms with E-state index in [9.17, 15) is 22.0 Å². The highest BCUT2D eigenvalue weighted by Gasteiger charge is 2.33. The van der Waals surface area contributed by atoms with E-state index in [0.717, 1.165) is 16.4 Å². The fraction of sp³-hybridized carbons (Fsp3) is 0.462. The average Bonchev–Trinajstić information content (AvgIpc) is 2.46. The number of carbonyl (C=O) groups is 1. The summed E-state index contributed by atoms with van der Waals surface area (Å²) < 4.78 is 56.8. The average molecular weight is 319 g/mol. The molecule has 21 heavy (non-hydrogen) atoms. The van der Waals surface area contributed by atoms with Crippen molar-refractivity contribution in [1.29, 1.82) is 0 Å². The number of nitrogens with zero attached hydrogens (tertiary/aromatic N) is 1. The van der Waals surface area contributed by atoms with Crippen molar-refractivity contribution < 1.29 is 26.7 Å². The Hall–Kier alpha value is -1.54. The first-order chi connectivity index (χ1) is 9.86. The molecule has 0 atom stereocenters. The van der Waals surface area contributed by atoms with Crippen LogP contribution in [0.3, 0.4) is 0 Å². The van der Waals surface area contributed by atoms with Crippen LogP contribution in [0.1, 0.15) is 12.8 Å². The summed E-state index contributed by atoms with van der Waals surface area (Å²) in [4.78, 5) is 10.8. The molecule has 1 aliphatic rings. The molecule has 1 saturated heterocycles. The molecule has 116 valence electrons. The Bertz CT molecular complexity index is 640. The lowest BCUT2D eigenvalue weighted by atomic mass is 9.99. The maximum atomic E-state index is 13.6. The van der Waals surface area contributed by atoms with Gasteiger partial charge in [0, 0.05) is 19.2 Å². The zero-order valence-corrected chi connectivity index (χ0v) is 12.2. The third kappa shape index (κ3) is 3.21. The zero-order valence-electron chi connectivity index (χ0n) is 11.4. The van der Waals surface area contributed by atoms with Crippen LogP contribution < -0.4 is 0 Å². The molecule has 5 nitrogen and oxygen atoms in total. The van der Waals surface area contributed by atoms with Gasteiger partial charge in [-0.2, -0.15) is 4.31 Å². The summed E-state index contributed by atoms with van der Waals surface area (Å²) in [6.45, 7) is 0.192. The van der Waals surface area contributed by atoms with E-state index < -0.39 is 26.6 Å². The largest absolute Gasteiger partial charge is 0.469 e. The fourth-order valence-electron chi connectivity index (χ4n) is 2.32. The van der Waals surface area contributed by atoms with Gasteiger partial charge < -0.3 is 4.74 Å². The smallest absolute Gasteiger partial charge is 0.308 e. The van der Waals surface area contributed by atoms with Crippen molar-refractivity contribution in [3.8, 4) is 0 Å². The molecule has 0 N–H and O–H groups in total. The number of ether oxygens (including phenoxy) is 1.